The van der Waals surface area contributed by atoms with Crippen molar-refractivity contribution in [1.82, 2.24) is 29.1 Å². The fourth-order valence-electron chi connectivity index (χ4n) is 5.73. The number of aromatic nitrogens is 6. The quantitative estimate of drug-likeness (QED) is 0.114. The van der Waals surface area contributed by atoms with Crippen molar-refractivity contribution in [3.63, 3.8) is 0 Å². The molecule has 0 radical (unpaired) electrons. The zero-order chi connectivity index (χ0) is 32.5. The zero-order valence-corrected chi connectivity index (χ0v) is 27.4. The molecule has 3 saturated heterocycles. The van der Waals surface area contributed by atoms with E-state index in [9.17, 15) is 19.6 Å². The molecule has 4 aromatic rings. The molecule has 0 saturated carbocycles. The summed E-state index contributed by atoms with van der Waals surface area (Å²) in [6.45, 7) is -5.09. The number of fused-ring (bicyclic) bond motifs is 5. The van der Waals surface area contributed by atoms with Gasteiger partial charge in [-0.2, -0.15) is 0 Å². The van der Waals surface area contributed by atoms with Crippen LogP contribution in [0.3, 0.4) is 0 Å². The summed E-state index contributed by atoms with van der Waals surface area (Å²) >= 11 is 8.72. The van der Waals surface area contributed by atoms with E-state index in [1.807, 2.05) is 0 Å². The molecule has 4 aromatic heterocycles. The molecule has 7 heterocycles. The molecular weight excluding hydrogens is 690 g/mol. The zero-order valence-electron chi connectivity index (χ0n) is 23.7. The van der Waals surface area contributed by atoms with Crippen molar-refractivity contribution < 1.29 is 46.9 Å². The van der Waals surface area contributed by atoms with Crippen LogP contribution in [0.25, 0.3) is 22.1 Å². The number of thiol groups is 2. The Morgan fingerprint density at radius 2 is 1.76 bits per heavy atom. The predicted octanol–water partition coefficient (Wildman–Crippen LogP) is 0.692. The van der Waals surface area contributed by atoms with Crippen molar-refractivity contribution in [3.8, 4) is 0 Å². The molecule has 0 aliphatic carbocycles. The van der Waals surface area contributed by atoms with Crippen molar-refractivity contribution in [2.75, 3.05) is 31.8 Å². The first-order chi connectivity index (χ1) is 21.9. The molecule has 7 rings (SSSR count). The Hall–Kier alpha value is -2.36. The maximum absolute atomic E-state index is 13.5. The van der Waals surface area contributed by atoms with Gasteiger partial charge in [0.15, 0.2) is 0 Å². The Labute approximate surface area is 269 Å². The van der Waals surface area contributed by atoms with Gasteiger partial charge in [-0.1, -0.05) is 0 Å². The molecule has 7 N–H and O–H groups in total. The monoisotopic (exact) mass is 720 g/mol. The topological polar surface area (TPSA) is 256 Å². The van der Waals surface area contributed by atoms with Gasteiger partial charge in [-0.25, -0.2) is 0 Å². The summed E-state index contributed by atoms with van der Waals surface area (Å²) < 4.78 is 57.9. The van der Waals surface area contributed by atoms with Gasteiger partial charge < -0.3 is 0 Å². The van der Waals surface area contributed by atoms with Crippen LogP contribution in [0.4, 0.5) is 11.8 Å². The van der Waals surface area contributed by atoms with Crippen LogP contribution in [-0.2, 0) is 36.7 Å². The second kappa shape index (κ2) is 12.0. The van der Waals surface area contributed by atoms with Gasteiger partial charge in [-0.05, 0) is 0 Å². The molecule has 250 valence electrons. The van der Waals surface area contributed by atoms with Gasteiger partial charge in [0.25, 0.3) is 0 Å². The van der Waals surface area contributed by atoms with E-state index in [4.69, 9.17) is 43.6 Å². The average Bonchev–Trinajstić information content (AvgIpc) is 3.77. The first-order valence-electron chi connectivity index (χ1n) is 13.7. The number of hydrogen-bond acceptors (Lipinski definition) is 17. The summed E-state index contributed by atoms with van der Waals surface area (Å²) in [6.07, 6.45) is -5.47. The summed E-state index contributed by atoms with van der Waals surface area (Å²) in [5, 5.41) is 23.5. The van der Waals surface area contributed by atoms with Gasteiger partial charge in [-0.3, -0.25) is 0 Å². The normalized spacial score (nSPS) is 35.8. The van der Waals surface area contributed by atoms with Gasteiger partial charge >= 0.3 is 270 Å². The number of H-pyrrole nitrogens is 1. The van der Waals surface area contributed by atoms with Gasteiger partial charge in [0, 0.05) is 0 Å². The SMILES string of the molecule is CO[PH]1(S)OCC2OC(n3ccc4c(N)ncnc43)C(O)C2OP(=O)(S)OCC2OC(n3ccc4c(=O)[nH]c(N)nc43)C(O1)C2O. The van der Waals surface area contributed by atoms with E-state index < -0.39 is 75.2 Å². The van der Waals surface area contributed by atoms with E-state index in [2.05, 4.69) is 44.4 Å². The number of aliphatic hydroxyl groups is 2. The Morgan fingerprint density at radius 1 is 1.04 bits per heavy atom. The summed E-state index contributed by atoms with van der Waals surface area (Å²) in [7, 11) is -2.66. The molecule has 3 aliphatic heterocycles. The maximum atomic E-state index is 13.5. The number of nitrogens with zero attached hydrogens (tertiary/aromatic N) is 5. The van der Waals surface area contributed by atoms with Gasteiger partial charge in [0.2, 0.25) is 0 Å². The third-order valence-corrected chi connectivity index (χ3v) is 12.4. The first kappa shape index (κ1) is 32.2. The van der Waals surface area contributed by atoms with Crippen molar-refractivity contribution in [2.24, 2.45) is 0 Å². The Balaban J connectivity index is 1.22. The number of rotatable bonds is 3. The predicted molar refractivity (Wildman–Crippen MR) is 169 cm³/mol. The second-order valence-corrected chi connectivity index (χ2v) is 17.2. The fraction of sp³-hybridized carbons (Fsp3) is 0.478. The summed E-state index contributed by atoms with van der Waals surface area (Å²) in [6, 6.07) is 3.16. The number of nitrogen functional groups attached to an aromatic ring is 2. The molecule has 3 aliphatic rings. The van der Waals surface area contributed by atoms with Crippen LogP contribution >= 0.6 is 38.4 Å². The molecule has 0 amide bonds. The molecule has 46 heavy (non-hydrogen) atoms. The summed E-state index contributed by atoms with van der Waals surface area (Å²) in [4.78, 5) is 27.3. The molecule has 19 nitrogen and oxygen atoms in total. The molecule has 0 spiro atoms. The molecule has 2 bridgehead atoms. The number of anilines is 2. The van der Waals surface area contributed by atoms with Crippen LogP contribution in [0.1, 0.15) is 12.5 Å². The third-order valence-electron chi connectivity index (χ3n) is 7.94. The molecule has 9 unspecified atom stereocenters. The third kappa shape index (κ3) is 5.62. The van der Waals surface area contributed by atoms with E-state index in [1.54, 1.807) is 12.3 Å². The van der Waals surface area contributed by atoms with Crippen molar-refractivity contribution in [3.05, 3.63) is 41.2 Å². The average molecular weight is 721 g/mol. The standard InChI is InChI=1S/C23H30N8O11P2S2/c1-36-44(46)38-7-12-15(14(33)21(40-12)30-4-2-9-17(24)26-8-27-18(9)30)41-43(35,45)37-6-11-13(32)16(42-44)22(39-11)31-5-3-10-19(31)28-23(25)29-20(10)34/h2-5,8,11-16,21-22,32-33,44,46H,6-7H2,1H3,(H,35,45)(H2,24,26,27)(H3,25,28,29,34). The molecule has 9 atom stereocenters. The molecule has 23 heteroatoms. The van der Waals surface area contributed by atoms with Crippen LogP contribution in [-0.4, -0.2) is 96.2 Å². The Morgan fingerprint density at radius 3 is 2.52 bits per heavy atom. The van der Waals surface area contributed by atoms with E-state index in [-0.39, 0.29) is 29.4 Å². The van der Waals surface area contributed by atoms with Crippen molar-refractivity contribution in [2.45, 2.75) is 49.1 Å². The summed E-state index contributed by atoms with van der Waals surface area (Å²) in [5.74, 6) is 0.0864. The van der Waals surface area contributed by atoms with Crippen molar-refractivity contribution in [1.29, 1.82) is 0 Å². The van der Waals surface area contributed by atoms with E-state index >= 15 is 0 Å². The number of aromatic amines is 1. The van der Waals surface area contributed by atoms with E-state index in [0.717, 1.165) is 0 Å². The van der Waals surface area contributed by atoms with Crippen LogP contribution < -0.4 is 17.0 Å². The number of hydrogen-bond donors (Lipinski definition) is 7. The minimum absolute atomic E-state index is 0.141. The van der Waals surface area contributed by atoms with Crippen LogP contribution in [0.5, 0.6) is 0 Å². The van der Waals surface area contributed by atoms with Crippen molar-refractivity contribution >= 4 is 72.3 Å². The number of ether oxygens (including phenoxy) is 2. The Kier molecular flexibility index (Phi) is 8.37. The first-order valence-corrected chi connectivity index (χ1v) is 19.4. The van der Waals surface area contributed by atoms with Crippen LogP contribution in [0.15, 0.2) is 35.6 Å². The molecule has 0 aromatic carbocycles. The van der Waals surface area contributed by atoms with Gasteiger partial charge in [0.05, 0.1) is 0 Å². The molecular formula is C23H30N8O11P2S2. The summed E-state index contributed by atoms with van der Waals surface area (Å²) in [5.41, 5.74) is 11.8. The van der Waals surface area contributed by atoms with Crippen LogP contribution in [0, 0.1) is 0 Å². The fourth-order valence-corrected chi connectivity index (χ4v) is 9.07. The minimum atomic E-state index is -4.26. The van der Waals surface area contributed by atoms with E-state index in [1.165, 1.54) is 34.8 Å². The number of nitrogens with two attached hydrogens (primary N) is 2. The Bertz CT molecular complexity index is 1900. The molecule has 3 fully saturated rings. The van der Waals surface area contributed by atoms with Crippen LogP contribution in [0.2, 0.25) is 0 Å². The van der Waals surface area contributed by atoms with E-state index in [0.29, 0.717) is 11.0 Å². The second-order valence-electron chi connectivity index (χ2n) is 10.7. The van der Waals surface area contributed by atoms with Gasteiger partial charge in [-0.15, -0.1) is 0 Å². The number of aliphatic hydroxyl groups excluding tert-OH is 2. The number of nitrogens with one attached hydrogen (secondary N) is 1. The van der Waals surface area contributed by atoms with Gasteiger partial charge in [0.1, 0.15) is 0 Å².